The highest BCUT2D eigenvalue weighted by Gasteiger charge is 2.28. The Bertz CT molecular complexity index is 368. The molecule has 0 radical (unpaired) electrons. The number of pyridine rings is 1. The Morgan fingerprint density at radius 1 is 1.56 bits per heavy atom. The van der Waals surface area contributed by atoms with Crippen molar-refractivity contribution in [1.82, 2.24) is 4.98 Å². The molecule has 0 unspecified atom stereocenters. The lowest BCUT2D eigenvalue weighted by atomic mass is 10.1. The van der Waals surface area contributed by atoms with Crippen molar-refractivity contribution in [3.8, 4) is 0 Å². The molecule has 2 rings (SSSR count). The minimum absolute atomic E-state index is 0.0852. The topological polar surface area (TPSA) is 36.4 Å². The predicted molar refractivity (Wildman–Crippen MR) is 68.9 cm³/mol. The van der Waals surface area contributed by atoms with E-state index in [-0.39, 0.29) is 11.4 Å². The maximum Gasteiger partial charge on any atom is 0.0703 e. The quantitative estimate of drug-likeness (QED) is 0.854. The summed E-state index contributed by atoms with van der Waals surface area (Å²) in [5, 5.41) is 9.32. The zero-order valence-electron chi connectivity index (χ0n) is 9.81. The zero-order valence-corrected chi connectivity index (χ0v) is 10.6. The molecule has 1 aromatic rings. The van der Waals surface area contributed by atoms with Gasteiger partial charge in [-0.1, -0.05) is 0 Å². The Kier molecular flexibility index (Phi) is 3.40. The largest absolute Gasteiger partial charge is 0.392 e. The Hall–Kier alpha value is -0.740. The van der Waals surface area contributed by atoms with Crippen molar-refractivity contribution in [3.63, 3.8) is 0 Å². The standard InChI is InChI=1S/C12H18N2OS/c1-12(2)9-14(5-6-16-12)11-7-13-4-3-10(11)8-15/h3-4,7,15H,5-6,8-9H2,1-2H3. The lowest BCUT2D eigenvalue weighted by molar-refractivity contribution is 0.282. The molecule has 1 aliphatic heterocycles. The highest BCUT2D eigenvalue weighted by molar-refractivity contribution is 8.00. The number of aliphatic hydroxyl groups is 1. The molecule has 0 bridgehead atoms. The van der Waals surface area contributed by atoms with Gasteiger partial charge in [-0.2, -0.15) is 11.8 Å². The van der Waals surface area contributed by atoms with Crippen LogP contribution < -0.4 is 4.90 Å². The van der Waals surface area contributed by atoms with Crippen molar-refractivity contribution in [2.75, 3.05) is 23.7 Å². The van der Waals surface area contributed by atoms with Gasteiger partial charge in [0.1, 0.15) is 0 Å². The molecule has 0 spiro atoms. The van der Waals surface area contributed by atoms with Gasteiger partial charge in [0.2, 0.25) is 0 Å². The van der Waals surface area contributed by atoms with Gasteiger partial charge in [-0.3, -0.25) is 4.98 Å². The molecule has 0 aliphatic carbocycles. The van der Waals surface area contributed by atoms with Crippen LogP contribution in [0.1, 0.15) is 19.4 Å². The molecule has 1 fully saturated rings. The normalized spacial score (nSPS) is 19.8. The lowest BCUT2D eigenvalue weighted by Gasteiger charge is -2.39. The van der Waals surface area contributed by atoms with Gasteiger partial charge in [0, 0.05) is 35.3 Å². The van der Waals surface area contributed by atoms with E-state index in [0.717, 1.165) is 30.1 Å². The van der Waals surface area contributed by atoms with Gasteiger partial charge in [-0.05, 0) is 19.9 Å². The first-order chi connectivity index (χ1) is 7.62. The van der Waals surface area contributed by atoms with Gasteiger partial charge in [0.05, 0.1) is 18.5 Å². The molecule has 0 saturated carbocycles. The van der Waals surface area contributed by atoms with E-state index >= 15 is 0 Å². The molecule has 16 heavy (non-hydrogen) atoms. The molecule has 1 aliphatic rings. The highest BCUT2D eigenvalue weighted by Crippen LogP contribution is 2.33. The number of rotatable bonds is 2. The van der Waals surface area contributed by atoms with Crippen molar-refractivity contribution >= 4 is 17.4 Å². The van der Waals surface area contributed by atoms with Gasteiger partial charge in [-0.25, -0.2) is 0 Å². The number of hydrogen-bond donors (Lipinski definition) is 1. The third kappa shape index (κ3) is 2.50. The first-order valence-corrected chi connectivity index (χ1v) is 6.53. The number of aliphatic hydroxyl groups excluding tert-OH is 1. The first-order valence-electron chi connectivity index (χ1n) is 5.55. The zero-order chi connectivity index (χ0) is 11.6. The van der Waals surface area contributed by atoms with Crippen LogP contribution in [-0.4, -0.2) is 33.7 Å². The van der Waals surface area contributed by atoms with Crippen molar-refractivity contribution in [1.29, 1.82) is 0 Å². The van der Waals surface area contributed by atoms with Crippen LogP contribution in [0.4, 0.5) is 5.69 Å². The lowest BCUT2D eigenvalue weighted by Crippen LogP contribution is -2.43. The molecule has 0 atom stereocenters. The second-order valence-corrected chi connectivity index (χ2v) is 6.49. The van der Waals surface area contributed by atoms with Gasteiger partial charge in [-0.15, -0.1) is 0 Å². The fourth-order valence-corrected chi connectivity index (χ4v) is 3.17. The molecule has 1 aromatic heterocycles. The summed E-state index contributed by atoms with van der Waals surface area (Å²) in [5.41, 5.74) is 2.05. The highest BCUT2D eigenvalue weighted by atomic mass is 32.2. The Balaban J connectivity index is 2.23. The number of thioether (sulfide) groups is 1. The van der Waals surface area contributed by atoms with Gasteiger partial charge < -0.3 is 10.0 Å². The van der Waals surface area contributed by atoms with E-state index in [0.29, 0.717) is 0 Å². The minimum atomic E-state index is 0.0852. The summed E-state index contributed by atoms with van der Waals surface area (Å²) in [6.07, 6.45) is 3.59. The van der Waals surface area contributed by atoms with Gasteiger partial charge in [0.15, 0.2) is 0 Å². The average molecular weight is 238 g/mol. The molecular formula is C12H18N2OS. The van der Waals surface area contributed by atoms with Crippen molar-refractivity contribution in [3.05, 3.63) is 24.0 Å². The molecule has 4 heteroatoms. The summed E-state index contributed by atoms with van der Waals surface area (Å²) < 4.78 is 0.279. The monoisotopic (exact) mass is 238 g/mol. The van der Waals surface area contributed by atoms with Crippen molar-refractivity contribution in [2.24, 2.45) is 0 Å². The van der Waals surface area contributed by atoms with E-state index in [1.807, 2.05) is 24.0 Å². The van der Waals surface area contributed by atoms with Gasteiger partial charge in [0.25, 0.3) is 0 Å². The smallest absolute Gasteiger partial charge is 0.0703 e. The van der Waals surface area contributed by atoms with Crippen LogP contribution in [0.5, 0.6) is 0 Å². The summed E-state index contributed by atoms with van der Waals surface area (Å²) in [6, 6.07) is 1.89. The summed E-state index contributed by atoms with van der Waals surface area (Å²) in [5.74, 6) is 1.13. The van der Waals surface area contributed by atoms with Crippen molar-refractivity contribution in [2.45, 2.75) is 25.2 Å². The number of anilines is 1. The number of hydrogen-bond acceptors (Lipinski definition) is 4. The Morgan fingerprint density at radius 2 is 2.38 bits per heavy atom. The van der Waals surface area contributed by atoms with Crippen LogP contribution in [0.15, 0.2) is 18.5 Å². The van der Waals surface area contributed by atoms with E-state index in [9.17, 15) is 5.11 Å². The van der Waals surface area contributed by atoms with Crippen LogP contribution in [0.2, 0.25) is 0 Å². The molecule has 88 valence electrons. The summed E-state index contributed by atoms with van der Waals surface area (Å²) >= 11 is 2.01. The molecule has 2 heterocycles. The Morgan fingerprint density at radius 3 is 3.06 bits per heavy atom. The maximum absolute atomic E-state index is 9.32. The first kappa shape index (κ1) is 11.7. The third-order valence-electron chi connectivity index (χ3n) is 2.82. The third-order valence-corrected chi connectivity index (χ3v) is 4.12. The van der Waals surface area contributed by atoms with E-state index in [1.54, 1.807) is 6.20 Å². The van der Waals surface area contributed by atoms with E-state index < -0.39 is 0 Å². The summed E-state index contributed by atoms with van der Waals surface area (Å²) in [7, 11) is 0. The molecular weight excluding hydrogens is 220 g/mol. The Labute approximate surface area is 101 Å². The molecule has 0 aromatic carbocycles. The molecule has 1 saturated heterocycles. The van der Waals surface area contributed by atoms with Crippen LogP contribution in [0.3, 0.4) is 0 Å². The van der Waals surface area contributed by atoms with Crippen LogP contribution in [-0.2, 0) is 6.61 Å². The summed E-state index contributed by atoms with van der Waals surface area (Å²) in [4.78, 5) is 6.49. The summed E-state index contributed by atoms with van der Waals surface area (Å²) in [6.45, 7) is 6.66. The van der Waals surface area contributed by atoms with Crippen LogP contribution >= 0.6 is 11.8 Å². The van der Waals surface area contributed by atoms with E-state index in [1.165, 1.54) is 0 Å². The minimum Gasteiger partial charge on any atom is -0.392 e. The van der Waals surface area contributed by atoms with E-state index in [4.69, 9.17) is 0 Å². The fraction of sp³-hybridized carbons (Fsp3) is 0.583. The number of nitrogens with zero attached hydrogens (tertiary/aromatic N) is 2. The second kappa shape index (κ2) is 4.63. The molecule has 1 N–H and O–H groups in total. The molecule has 0 amide bonds. The fourth-order valence-electron chi connectivity index (χ4n) is 2.06. The van der Waals surface area contributed by atoms with Crippen LogP contribution in [0, 0.1) is 0 Å². The maximum atomic E-state index is 9.32. The van der Waals surface area contributed by atoms with Crippen LogP contribution in [0.25, 0.3) is 0 Å². The van der Waals surface area contributed by atoms with E-state index in [2.05, 4.69) is 23.7 Å². The SMILES string of the molecule is CC1(C)CN(c2cnccc2CO)CCS1. The van der Waals surface area contributed by atoms with Gasteiger partial charge >= 0.3 is 0 Å². The second-order valence-electron chi connectivity index (χ2n) is 4.69. The average Bonchev–Trinajstić information content (AvgIpc) is 2.27. The predicted octanol–water partition coefficient (Wildman–Crippen LogP) is 1.91. The molecule has 3 nitrogen and oxygen atoms in total. The van der Waals surface area contributed by atoms with Crippen molar-refractivity contribution < 1.29 is 5.11 Å². The number of aromatic nitrogens is 1.